The molecular formula is C65H95NO22. The summed E-state index contributed by atoms with van der Waals surface area (Å²) in [5.74, 6) is -7.35. The van der Waals surface area contributed by atoms with Gasteiger partial charge in [0.2, 0.25) is 11.7 Å². The van der Waals surface area contributed by atoms with Gasteiger partial charge in [0.15, 0.2) is 25.0 Å². The highest BCUT2D eigenvalue weighted by molar-refractivity contribution is 5.81. The summed E-state index contributed by atoms with van der Waals surface area (Å²) in [4.78, 5) is 39.6. The Kier molecular flexibility index (Phi) is 28.3. The van der Waals surface area contributed by atoms with E-state index in [1.807, 2.05) is 26.8 Å². The van der Waals surface area contributed by atoms with E-state index in [1.54, 1.807) is 127 Å². The average molecular weight is 1240 g/mol. The number of rotatable bonds is 29. The molecule has 0 aromatic heterocycles. The molecule has 5 aliphatic heterocycles. The fraction of sp³-hybridized carbons (Fsp3) is 0.646. The van der Waals surface area contributed by atoms with Crippen molar-refractivity contribution in [3.8, 4) is 0 Å². The summed E-state index contributed by atoms with van der Waals surface area (Å²) < 4.78 is 80.4. The van der Waals surface area contributed by atoms with Gasteiger partial charge < -0.3 is 97.5 Å². The molecule has 0 saturated carbocycles. The fourth-order valence-corrected chi connectivity index (χ4v) is 11.8. The SMILES string of the molecule is COC1CC(OC2C(C)OC(OC3C(C)OC(OCC(C(=O)NCC=CC=C(C)C(OC)C(C)C4CC(O)C(C=CC=CC=CC(=O)O)O4)C4(O)OC(C=CC=CCO)C(C)(C)C(O)C4OC(=O)Cc4ccccc4)CC3OC)CC2OC)OC(C)C1O. The first kappa shape index (κ1) is 72.2. The number of carbonyl (C=O) groups is 3. The number of carboxylic acids is 1. The van der Waals surface area contributed by atoms with Crippen molar-refractivity contribution in [2.45, 2.75) is 203 Å². The maximum Gasteiger partial charge on any atom is 0.328 e. The molecule has 23 nitrogen and oxygen atoms in total. The third-order valence-corrected chi connectivity index (χ3v) is 17.0. The van der Waals surface area contributed by atoms with Crippen LogP contribution >= 0.6 is 0 Å². The van der Waals surface area contributed by atoms with Crippen LogP contribution in [0.15, 0.2) is 115 Å². The number of methoxy groups -OCH3 is 4. The number of carboxylic acid groups (broad SMARTS) is 1. The van der Waals surface area contributed by atoms with Crippen molar-refractivity contribution in [1.82, 2.24) is 5.32 Å². The van der Waals surface area contributed by atoms with Gasteiger partial charge >= 0.3 is 11.9 Å². The Morgan fingerprint density at radius 3 is 1.98 bits per heavy atom. The van der Waals surface area contributed by atoms with E-state index in [-0.39, 0.29) is 44.4 Å². The number of ether oxygens (including phenoxy) is 13. The maximum absolute atomic E-state index is 14.9. The minimum Gasteiger partial charge on any atom is -0.478 e. The highest BCUT2D eigenvalue weighted by Gasteiger charge is 2.63. The molecule has 7 N–H and O–H groups in total. The average Bonchev–Trinajstić information content (AvgIpc) is 0.934. The number of amides is 1. The van der Waals surface area contributed by atoms with Crippen molar-refractivity contribution in [2.24, 2.45) is 17.3 Å². The van der Waals surface area contributed by atoms with E-state index in [9.17, 15) is 39.9 Å². The van der Waals surface area contributed by atoms with Gasteiger partial charge in [0.05, 0.1) is 80.7 Å². The van der Waals surface area contributed by atoms with Crippen molar-refractivity contribution in [1.29, 1.82) is 0 Å². The molecule has 1 aromatic carbocycles. The molecule has 5 saturated heterocycles. The fourth-order valence-electron chi connectivity index (χ4n) is 11.8. The summed E-state index contributed by atoms with van der Waals surface area (Å²) in [5.41, 5.74) is 0.168. The van der Waals surface area contributed by atoms with E-state index >= 15 is 0 Å². The highest BCUT2D eigenvalue weighted by Crippen LogP contribution is 2.46. The second kappa shape index (κ2) is 34.5. The third kappa shape index (κ3) is 19.3. The molecule has 1 amide bonds. The van der Waals surface area contributed by atoms with E-state index in [2.05, 4.69) is 5.32 Å². The zero-order valence-electron chi connectivity index (χ0n) is 52.4. The second-order valence-electron chi connectivity index (χ2n) is 23.6. The van der Waals surface area contributed by atoms with Gasteiger partial charge in [-0.25, -0.2) is 4.79 Å². The van der Waals surface area contributed by atoms with Crippen LogP contribution in [-0.4, -0.2) is 219 Å². The first-order valence-electron chi connectivity index (χ1n) is 30.1. The minimum absolute atomic E-state index is 0.0754. The lowest BCUT2D eigenvalue weighted by Crippen LogP contribution is -2.71. The molecule has 5 aliphatic rings. The van der Waals surface area contributed by atoms with Gasteiger partial charge in [0, 0.05) is 78.1 Å². The number of hydrogen-bond acceptors (Lipinski definition) is 21. The molecule has 0 bridgehead atoms. The van der Waals surface area contributed by atoms with Crippen LogP contribution in [0.5, 0.6) is 0 Å². The molecule has 5 fully saturated rings. The normalized spacial score (nSPS) is 36.0. The highest BCUT2D eigenvalue weighted by atomic mass is 16.7. The van der Waals surface area contributed by atoms with E-state index in [4.69, 9.17) is 66.7 Å². The molecule has 22 unspecified atom stereocenters. The molecular weight excluding hydrogens is 1150 g/mol. The summed E-state index contributed by atoms with van der Waals surface area (Å²) in [6, 6.07) is 8.77. The summed E-state index contributed by atoms with van der Waals surface area (Å²) in [7, 11) is 6.20. The number of aliphatic hydroxyl groups excluding tert-OH is 4. The molecule has 1 aromatic rings. The predicted molar refractivity (Wildman–Crippen MR) is 320 cm³/mol. The monoisotopic (exact) mass is 1240 g/mol. The van der Waals surface area contributed by atoms with Crippen LogP contribution in [0.1, 0.15) is 79.7 Å². The molecule has 0 aliphatic carbocycles. The van der Waals surface area contributed by atoms with Crippen molar-refractivity contribution < 1.29 is 107 Å². The van der Waals surface area contributed by atoms with Crippen molar-refractivity contribution in [2.75, 3.05) is 48.2 Å². The summed E-state index contributed by atoms with van der Waals surface area (Å²) in [6.07, 6.45) is 6.42. The van der Waals surface area contributed by atoms with Crippen molar-refractivity contribution in [3.05, 3.63) is 120 Å². The number of nitrogens with one attached hydrogen (secondary N) is 1. The zero-order valence-corrected chi connectivity index (χ0v) is 52.4. The van der Waals surface area contributed by atoms with E-state index < -0.39 is 152 Å². The van der Waals surface area contributed by atoms with Crippen LogP contribution in [0.3, 0.4) is 0 Å². The van der Waals surface area contributed by atoms with E-state index in [0.29, 0.717) is 18.4 Å². The van der Waals surface area contributed by atoms with Gasteiger partial charge in [-0.05, 0) is 38.8 Å². The molecule has 88 heavy (non-hydrogen) atoms. The lowest BCUT2D eigenvalue weighted by Gasteiger charge is -2.54. The van der Waals surface area contributed by atoms with Gasteiger partial charge in [-0.15, -0.1) is 0 Å². The van der Waals surface area contributed by atoms with E-state index in [0.717, 1.165) is 11.6 Å². The lowest BCUT2D eigenvalue weighted by molar-refractivity contribution is -0.368. The quantitative estimate of drug-likeness (QED) is 0.0331. The predicted octanol–water partition coefficient (Wildman–Crippen LogP) is 4.48. The summed E-state index contributed by atoms with van der Waals surface area (Å²) >= 11 is 0. The van der Waals surface area contributed by atoms with Crippen LogP contribution in [0.4, 0.5) is 0 Å². The van der Waals surface area contributed by atoms with Crippen LogP contribution < -0.4 is 5.32 Å². The van der Waals surface area contributed by atoms with Gasteiger partial charge in [-0.1, -0.05) is 124 Å². The summed E-state index contributed by atoms with van der Waals surface area (Å²) in [5, 5.41) is 68.0. The van der Waals surface area contributed by atoms with Crippen LogP contribution in [0.25, 0.3) is 0 Å². The Morgan fingerprint density at radius 1 is 0.750 bits per heavy atom. The summed E-state index contributed by atoms with van der Waals surface area (Å²) in [6.45, 7) is 11.6. The number of aliphatic carboxylic acids is 1. The number of esters is 1. The Labute approximate surface area is 516 Å². The number of aliphatic hydroxyl groups is 5. The number of benzene rings is 1. The Morgan fingerprint density at radius 2 is 1.35 bits per heavy atom. The first-order valence-corrected chi connectivity index (χ1v) is 30.1. The van der Waals surface area contributed by atoms with Crippen LogP contribution in [0, 0.1) is 17.3 Å². The maximum atomic E-state index is 14.9. The van der Waals surface area contributed by atoms with Gasteiger partial charge in [0.25, 0.3) is 0 Å². The smallest absolute Gasteiger partial charge is 0.328 e. The van der Waals surface area contributed by atoms with Gasteiger partial charge in [-0.2, -0.15) is 0 Å². The Hall–Kier alpha value is -4.87. The van der Waals surface area contributed by atoms with Gasteiger partial charge in [0.1, 0.15) is 36.4 Å². The molecule has 5 heterocycles. The lowest BCUT2D eigenvalue weighted by atomic mass is 9.71. The standard InChI is InChI=1S/C65H95NO22/c1-38(58(79-11)39(2)47-33-45(68)46(84-47)27-18-12-13-20-29-52(69)70)24-21-22-30-66-63(74)44(65(75)62(85-53(71)32-43-25-16-14-17-26-43)61(73)64(6,7)51(88-65)28-19-15-23-31-67)37-80-54-35-49(77-9)59(41(4)82-54)87-56-36-50(78-10)60(42(5)83-56)86-55-34-48(76-8)57(72)40(3)81-55/h12-29,39-42,44-51,54-62,67-68,72-73,75H,30-37H2,1-11H3,(H,66,74)(H,69,70). The largest absolute Gasteiger partial charge is 0.478 e. The number of carbonyl (C=O) groups excluding carboxylic acids is 2. The van der Waals surface area contributed by atoms with Crippen molar-refractivity contribution in [3.63, 3.8) is 0 Å². The third-order valence-electron chi connectivity index (χ3n) is 17.0. The Balaban J connectivity index is 1.20. The van der Waals surface area contributed by atoms with Crippen molar-refractivity contribution >= 4 is 17.8 Å². The molecule has 0 radical (unpaired) electrons. The number of allylic oxidation sites excluding steroid dienone is 8. The molecule has 23 heteroatoms. The molecule has 0 spiro atoms. The topological polar surface area (TPSA) is 305 Å². The van der Waals surface area contributed by atoms with E-state index in [1.165, 1.54) is 26.4 Å². The first-order chi connectivity index (χ1) is 42.0. The molecule has 492 valence electrons. The van der Waals surface area contributed by atoms with Crippen LogP contribution in [0.2, 0.25) is 0 Å². The minimum atomic E-state index is -2.76. The Bertz CT molecular complexity index is 2550. The molecule has 22 atom stereocenters. The second-order valence-corrected chi connectivity index (χ2v) is 23.6. The van der Waals surface area contributed by atoms with Gasteiger partial charge in [-0.3, -0.25) is 9.59 Å². The number of hydrogen-bond donors (Lipinski definition) is 7. The molecule has 6 rings (SSSR count). The van der Waals surface area contributed by atoms with Crippen LogP contribution in [-0.2, 0) is 82.4 Å². The zero-order chi connectivity index (χ0) is 64.3.